The maximum atomic E-state index is 11.5. The molecule has 0 aliphatic carbocycles. The van der Waals surface area contributed by atoms with E-state index in [0.29, 0.717) is 5.39 Å². The monoisotopic (exact) mass is 273 g/mol. The molecule has 0 aliphatic heterocycles. The largest absolute Gasteiger partial charge is 0.398 e. The molecule has 0 bridgehead atoms. The first-order valence-electron chi connectivity index (χ1n) is 5.65. The molecule has 3 rings (SSSR count). The van der Waals surface area contributed by atoms with Gasteiger partial charge in [-0.3, -0.25) is 4.55 Å². The molecule has 0 aliphatic rings. The second-order valence-corrected chi connectivity index (χ2v) is 5.74. The van der Waals surface area contributed by atoms with E-state index in [4.69, 9.17) is 5.73 Å². The van der Waals surface area contributed by atoms with E-state index in [1.54, 1.807) is 12.1 Å². The number of nitrogens with two attached hydrogens (primary N) is 1. The predicted octanol–water partition coefficient (Wildman–Crippen LogP) is 2.82. The summed E-state index contributed by atoms with van der Waals surface area (Å²) in [5.41, 5.74) is 5.72. The summed E-state index contributed by atoms with van der Waals surface area (Å²) in [5, 5.41) is 3.05. The number of fused-ring (bicyclic) bond motifs is 2. The van der Waals surface area contributed by atoms with Gasteiger partial charge < -0.3 is 5.73 Å². The zero-order valence-corrected chi connectivity index (χ0v) is 10.7. The first kappa shape index (κ1) is 12.0. The highest BCUT2D eigenvalue weighted by Gasteiger charge is 2.18. The van der Waals surface area contributed by atoms with Crippen LogP contribution in [0.25, 0.3) is 21.5 Å². The Morgan fingerprint density at radius 3 is 2.16 bits per heavy atom. The van der Waals surface area contributed by atoms with Crippen LogP contribution in [-0.4, -0.2) is 13.0 Å². The molecule has 4 nitrogen and oxygen atoms in total. The number of nitrogen functional groups attached to an aromatic ring is 1. The van der Waals surface area contributed by atoms with E-state index >= 15 is 0 Å². The quantitative estimate of drug-likeness (QED) is 0.406. The zero-order chi connectivity index (χ0) is 13.6. The van der Waals surface area contributed by atoms with Gasteiger partial charge in [-0.05, 0) is 34.4 Å². The van der Waals surface area contributed by atoms with Gasteiger partial charge in [0.05, 0.1) is 5.69 Å². The van der Waals surface area contributed by atoms with Crippen LogP contribution in [0.3, 0.4) is 0 Å². The van der Waals surface area contributed by atoms with Gasteiger partial charge in [-0.15, -0.1) is 0 Å². The summed E-state index contributed by atoms with van der Waals surface area (Å²) in [7, 11) is -4.35. The van der Waals surface area contributed by atoms with Crippen molar-refractivity contribution in [3.05, 3.63) is 48.5 Å². The minimum absolute atomic E-state index is 0.0466. The van der Waals surface area contributed by atoms with Crippen molar-refractivity contribution in [3.8, 4) is 0 Å². The highest BCUT2D eigenvalue weighted by atomic mass is 32.2. The molecule has 0 fully saturated rings. The molecule has 3 aromatic carbocycles. The second-order valence-electron chi connectivity index (χ2n) is 4.38. The maximum absolute atomic E-state index is 11.5. The molecule has 0 aromatic heterocycles. The number of anilines is 1. The fourth-order valence-corrected chi connectivity index (χ4v) is 3.11. The normalized spacial score (nSPS) is 12.1. The van der Waals surface area contributed by atoms with Gasteiger partial charge in [-0.25, -0.2) is 0 Å². The Balaban J connectivity index is 2.55. The van der Waals surface area contributed by atoms with Crippen LogP contribution in [0.2, 0.25) is 0 Å². The third-order valence-corrected chi connectivity index (χ3v) is 4.10. The van der Waals surface area contributed by atoms with Crippen LogP contribution < -0.4 is 5.73 Å². The van der Waals surface area contributed by atoms with Crippen molar-refractivity contribution in [3.63, 3.8) is 0 Å². The van der Waals surface area contributed by atoms with Gasteiger partial charge in [-0.1, -0.05) is 30.3 Å². The lowest BCUT2D eigenvalue weighted by Crippen LogP contribution is -2.04. The van der Waals surface area contributed by atoms with Crippen LogP contribution in [0.5, 0.6) is 0 Å². The highest BCUT2D eigenvalue weighted by Crippen LogP contribution is 2.31. The lowest BCUT2D eigenvalue weighted by Gasteiger charge is -2.08. The van der Waals surface area contributed by atoms with E-state index in [1.807, 2.05) is 30.3 Å². The summed E-state index contributed by atoms with van der Waals surface area (Å²) in [6.07, 6.45) is 0. The Hall–Kier alpha value is -2.11. The molecular formula is C14H11NO3S. The molecule has 19 heavy (non-hydrogen) atoms. The smallest absolute Gasteiger partial charge is 0.297 e. The predicted molar refractivity (Wildman–Crippen MR) is 75.7 cm³/mol. The standard InChI is InChI=1S/C14H11NO3S/c15-13-6-5-11-7-9-3-1-2-4-10(9)8-12(11)14(13)19(16,17)18/h1-8H,15H2,(H,16,17,18). The molecule has 0 spiro atoms. The van der Waals surface area contributed by atoms with Gasteiger partial charge >= 0.3 is 0 Å². The first-order valence-corrected chi connectivity index (χ1v) is 7.09. The number of rotatable bonds is 1. The van der Waals surface area contributed by atoms with Gasteiger partial charge in [-0.2, -0.15) is 8.42 Å². The molecule has 5 heteroatoms. The first-order chi connectivity index (χ1) is 8.97. The summed E-state index contributed by atoms with van der Waals surface area (Å²) < 4.78 is 32.3. The Labute approximate surface area is 110 Å². The van der Waals surface area contributed by atoms with Crippen LogP contribution >= 0.6 is 0 Å². The van der Waals surface area contributed by atoms with E-state index in [9.17, 15) is 13.0 Å². The molecule has 0 amide bonds. The summed E-state index contributed by atoms with van der Waals surface area (Å²) >= 11 is 0. The molecule has 3 N–H and O–H groups in total. The molecule has 0 saturated carbocycles. The maximum Gasteiger partial charge on any atom is 0.297 e. The Bertz CT molecular complexity index is 901. The minimum Gasteiger partial charge on any atom is -0.398 e. The van der Waals surface area contributed by atoms with Crippen molar-refractivity contribution in [1.82, 2.24) is 0 Å². The van der Waals surface area contributed by atoms with E-state index in [0.717, 1.165) is 16.2 Å². The fraction of sp³-hybridized carbons (Fsp3) is 0. The van der Waals surface area contributed by atoms with Gasteiger partial charge in [0.1, 0.15) is 4.90 Å². The summed E-state index contributed by atoms with van der Waals surface area (Å²) in [6.45, 7) is 0. The Morgan fingerprint density at radius 1 is 0.895 bits per heavy atom. The van der Waals surface area contributed by atoms with Crippen LogP contribution in [0.4, 0.5) is 5.69 Å². The number of benzene rings is 3. The number of hydrogen-bond acceptors (Lipinski definition) is 3. The fourth-order valence-electron chi connectivity index (χ4n) is 2.29. The Morgan fingerprint density at radius 2 is 1.53 bits per heavy atom. The minimum atomic E-state index is -4.35. The SMILES string of the molecule is Nc1ccc2cc3ccccc3cc2c1S(=O)(=O)O. The summed E-state index contributed by atoms with van der Waals surface area (Å²) in [6, 6.07) is 14.4. The number of hydrogen-bond donors (Lipinski definition) is 2. The average molecular weight is 273 g/mol. The molecular weight excluding hydrogens is 262 g/mol. The molecule has 0 saturated heterocycles. The summed E-state index contributed by atoms with van der Waals surface area (Å²) in [4.78, 5) is -0.226. The van der Waals surface area contributed by atoms with Gasteiger partial charge in [0, 0.05) is 5.39 Å². The van der Waals surface area contributed by atoms with Crippen LogP contribution in [-0.2, 0) is 10.1 Å². The third-order valence-electron chi connectivity index (χ3n) is 3.13. The van der Waals surface area contributed by atoms with Crippen molar-refractivity contribution in [2.24, 2.45) is 0 Å². The van der Waals surface area contributed by atoms with Gasteiger partial charge in [0.25, 0.3) is 10.1 Å². The van der Waals surface area contributed by atoms with Crippen LogP contribution in [0.15, 0.2) is 53.4 Å². The van der Waals surface area contributed by atoms with E-state index in [-0.39, 0.29) is 10.6 Å². The topological polar surface area (TPSA) is 80.4 Å². The highest BCUT2D eigenvalue weighted by molar-refractivity contribution is 7.86. The molecule has 0 unspecified atom stereocenters. The Kier molecular flexibility index (Phi) is 2.48. The van der Waals surface area contributed by atoms with E-state index < -0.39 is 10.1 Å². The summed E-state index contributed by atoms with van der Waals surface area (Å²) in [5.74, 6) is 0. The van der Waals surface area contributed by atoms with Crippen molar-refractivity contribution >= 4 is 37.4 Å². The zero-order valence-electron chi connectivity index (χ0n) is 9.87. The van der Waals surface area contributed by atoms with Gasteiger partial charge in [0.2, 0.25) is 0 Å². The van der Waals surface area contributed by atoms with E-state index in [1.165, 1.54) is 6.07 Å². The van der Waals surface area contributed by atoms with E-state index in [2.05, 4.69) is 0 Å². The lowest BCUT2D eigenvalue weighted by molar-refractivity contribution is 0.484. The molecule has 96 valence electrons. The van der Waals surface area contributed by atoms with Crippen molar-refractivity contribution in [2.75, 3.05) is 5.73 Å². The van der Waals surface area contributed by atoms with Crippen molar-refractivity contribution in [1.29, 1.82) is 0 Å². The third kappa shape index (κ3) is 1.93. The molecule has 0 radical (unpaired) electrons. The second kappa shape index (κ2) is 3.94. The molecule has 0 heterocycles. The molecule has 3 aromatic rings. The van der Waals surface area contributed by atoms with Crippen LogP contribution in [0.1, 0.15) is 0 Å². The lowest BCUT2D eigenvalue weighted by atomic mass is 10.0. The van der Waals surface area contributed by atoms with Gasteiger partial charge in [0.15, 0.2) is 0 Å². The molecule has 0 atom stereocenters. The van der Waals surface area contributed by atoms with Crippen molar-refractivity contribution in [2.45, 2.75) is 4.90 Å². The van der Waals surface area contributed by atoms with Crippen LogP contribution in [0, 0.1) is 0 Å². The average Bonchev–Trinajstić information content (AvgIpc) is 2.34. The van der Waals surface area contributed by atoms with Crippen molar-refractivity contribution < 1.29 is 13.0 Å².